The summed E-state index contributed by atoms with van der Waals surface area (Å²) in [7, 11) is 1.36. The van der Waals surface area contributed by atoms with Crippen LogP contribution in [0.2, 0.25) is 0 Å². The van der Waals surface area contributed by atoms with Crippen LogP contribution < -0.4 is 0 Å². The third-order valence-corrected chi connectivity index (χ3v) is 4.86. The van der Waals surface area contributed by atoms with Gasteiger partial charge in [0.2, 0.25) is 5.60 Å². The zero-order valence-electron chi connectivity index (χ0n) is 16.5. The number of aliphatic hydroxyl groups excluding tert-OH is 1. The second-order valence-electron chi connectivity index (χ2n) is 6.90. The van der Waals surface area contributed by atoms with Gasteiger partial charge in [0.15, 0.2) is 0 Å². The molecule has 1 N–H and O–H groups in total. The molecule has 0 bridgehead atoms. The minimum absolute atomic E-state index is 0.315. The number of aliphatic hydroxyl groups is 1. The molecule has 2 rings (SSSR count). The Bertz CT molecular complexity index is 714. The first kappa shape index (κ1) is 21.1. The van der Waals surface area contributed by atoms with E-state index in [-0.39, 0.29) is 18.2 Å². The Morgan fingerprint density at radius 2 is 2.07 bits per heavy atom. The van der Waals surface area contributed by atoms with Crippen LogP contribution in [0, 0.1) is 0 Å². The number of unbranched alkanes of at least 4 members (excludes halogenated alkanes) is 1. The lowest BCUT2D eigenvalue weighted by molar-refractivity contribution is -0.156. The summed E-state index contributed by atoms with van der Waals surface area (Å²) in [6.07, 6.45) is 9.13. The highest BCUT2D eigenvalue weighted by Crippen LogP contribution is 2.50. The van der Waals surface area contributed by atoms with Crippen LogP contribution in [0.25, 0.3) is 0 Å². The second kappa shape index (κ2) is 8.67. The highest BCUT2D eigenvalue weighted by molar-refractivity contribution is 5.91. The van der Waals surface area contributed by atoms with Crippen molar-refractivity contribution in [1.82, 2.24) is 0 Å². The number of cyclic esters (lactones) is 1. The van der Waals surface area contributed by atoms with E-state index in [2.05, 4.69) is 0 Å². The SMILES string of the molecule is C\C=C(/C=C(C)/C=C/CC/C=C(\C)C(O)[C@]12O[C@H]1[C@H](C)OC2=O)C(=O)OC. The maximum Gasteiger partial charge on any atom is 0.344 e. The van der Waals surface area contributed by atoms with Gasteiger partial charge in [-0.15, -0.1) is 0 Å². The molecule has 6 nitrogen and oxygen atoms in total. The Hall–Kier alpha value is -2.18. The molecule has 0 amide bonds. The van der Waals surface area contributed by atoms with Crippen molar-refractivity contribution in [3.8, 4) is 0 Å². The van der Waals surface area contributed by atoms with E-state index in [4.69, 9.17) is 14.2 Å². The summed E-state index contributed by atoms with van der Waals surface area (Å²) in [5, 5.41) is 10.5. The molecular formula is C21H28O6. The molecule has 4 atom stereocenters. The van der Waals surface area contributed by atoms with Gasteiger partial charge in [-0.05, 0) is 52.2 Å². The fourth-order valence-electron chi connectivity index (χ4n) is 3.24. The van der Waals surface area contributed by atoms with E-state index in [1.54, 1.807) is 32.9 Å². The van der Waals surface area contributed by atoms with E-state index in [1.807, 2.05) is 25.2 Å². The number of fused-ring (bicyclic) bond motifs is 1. The molecule has 2 fully saturated rings. The van der Waals surface area contributed by atoms with Gasteiger partial charge in [0.05, 0.1) is 12.7 Å². The predicted octanol–water partition coefficient (Wildman–Crippen LogP) is 2.78. The topological polar surface area (TPSA) is 85.4 Å². The molecule has 0 aromatic heterocycles. The average molecular weight is 376 g/mol. The summed E-state index contributed by atoms with van der Waals surface area (Å²) in [5.74, 6) is -0.844. The Kier molecular flexibility index (Phi) is 6.78. The first-order valence-electron chi connectivity index (χ1n) is 9.11. The first-order chi connectivity index (χ1) is 12.8. The molecule has 0 radical (unpaired) electrons. The fraction of sp³-hybridized carbons (Fsp3) is 0.524. The third kappa shape index (κ3) is 4.39. The lowest BCUT2D eigenvalue weighted by atomic mass is 9.92. The average Bonchev–Trinajstić information content (AvgIpc) is 3.36. The van der Waals surface area contributed by atoms with E-state index in [1.165, 1.54) is 7.11 Å². The summed E-state index contributed by atoms with van der Waals surface area (Å²) in [6.45, 7) is 7.25. The number of carbonyl (C=O) groups is 2. The van der Waals surface area contributed by atoms with Crippen LogP contribution in [0.1, 0.15) is 40.5 Å². The van der Waals surface area contributed by atoms with Crippen molar-refractivity contribution in [2.75, 3.05) is 7.11 Å². The first-order valence-corrected chi connectivity index (χ1v) is 9.11. The smallest absolute Gasteiger partial charge is 0.344 e. The molecule has 1 unspecified atom stereocenters. The number of hydrogen-bond donors (Lipinski definition) is 1. The summed E-state index contributed by atoms with van der Waals surface area (Å²) in [6, 6.07) is 0. The highest BCUT2D eigenvalue weighted by Gasteiger charge is 2.75. The molecule has 27 heavy (non-hydrogen) atoms. The molecule has 0 aliphatic carbocycles. The normalized spacial score (nSPS) is 29.6. The maximum absolute atomic E-state index is 11.9. The van der Waals surface area contributed by atoms with Gasteiger partial charge in [-0.2, -0.15) is 0 Å². The zero-order chi connectivity index (χ0) is 20.2. The highest BCUT2D eigenvalue weighted by atomic mass is 16.7. The Balaban J connectivity index is 1.86. The van der Waals surface area contributed by atoms with Crippen LogP contribution >= 0.6 is 0 Å². The molecule has 0 spiro atoms. The van der Waals surface area contributed by atoms with E-state index >= 15 is 0 Å². The number of allylic oxidation sites excluding steroid dienone is 5. The van der Waals surface area contributed by atoms with Crippen LogP contribution in [0.15, 0.2) is 47.1 Å². The van der Waals surface area contributed by atoms with Gasteiger partial charge in [-0.3, -0.25) is 0 Å². The minimum atomic E-state index is -1.20. The molecule has 2 heterocycles. The van der Waals surface area contributed by atoms with Gasteiger partial charge in [0, 0.05) is 0 Å². The lowest BCUT2D eigenvalue weighted by Crippen LogP contribution is -2.38. The van der Waals surface area contributed by atoms with E-state index in [0.717, 1.165) is 12.0 Å². The molecule has 2 aliphatic rings. The number of epoxide rings is 1. The zero-order valence-corrected chi connectivity index (χ0v) is 16.5. The lowest BCUT2D eigenvalue weighted by Gasteiger charge is -2.15. The third-order valence-electron chi connectivity index (χ3n) is 4.86. The van der Waals surface area contributed by atoms with Crippen molar-refractivity contribution in [1.29, 1.82) is 0 Å². The van der Waals surface area contributed by atoms with Crippen molar-refractivity contribution >= 4 is 11.9 Å². The van der Waals surface area contributed by atoms with Gasteiger partial charge in [0.25, 0.3) is 0 Å². The Morgan fingerprint density at radius 1 is 1.37 bits per heavy atom. The van der Waals surface area contributed by atoms with Gasteiger partial charge < -0.3 is 19.3 Å². The van der Waals surface area contributed by atoms with Gasteiger partial charge in [0.1, 0.15) is 18.3 Å². The quantitative estimate of drug-likeness (QED) is 0.175. The summed E-state index contributed by atoms with van der Waals surface area (Å²) in [4.78, 5) is 23.5. The summed E-state index contributed by atoms with van der Waals surface area (Å²) in [5.41, 5.74) is 0.942. The van der Waals surface area contributed by atoms with Crippen LogP contribution in [-0.2, 0) is 23.8 Å². The number of carbonyl (C=O) groups excluding carboxylic acids is 2. The number of methoxy groups -OCH3 is 1. The molecule has 2 saturated heterocycles. The molecule has 0 saturated carbocycles. The van der Waals surface area contributed by atoms with Crippen LogP contribution in [0.5, 0.6) is 0 Å². The van der Waals surface area contributed by atoms with Gasteiger partial charge in [-0.25, -0.2) is 9.59 Å². The van der Waals surface area contributed by atoms with Crippen molar-refractivity contribution in [2.45, 2.75) is 64.4 Å². The van der Waals surface area contributed by atoms with Gasteiger partial charge >= 0.3 is 11.9 Å². The van der Waals surface area contributed by atoms with Crippen molar-refractivity contribution in [2.24, 2.45) is 0 Å². The fourth-order valence-corrected chi connectivity index (χ4v) is 3.24. The van der Waals surface area contributed by atoms with Crippen molar-refractivity contribution < 1.29 is 28.9 Å². The maximum atomic E-state index is 11.9. The van der Waals surface area contributed by atoms with Crippen LogP contribution in [0.4, 0.5) is 0 Å². The summed E-state index contributed by atoms with van der Waals surface area (Å²) < 4.78 is 15.3. The Labute approximate surface area is 160 Å². The standard InChI is InChI=1S/C21H28O6/c1-6-16(19(23)25-5)12-13(2)10-8-7-9-11-14(3)17(22)21-18(27-21)15(4)26-20(21)24/h6,8,10-12,15,17-18,22H,7,9H2,1-5H3/b10-8+,13-12+,14-11+,16-6+/t15-,17?,18-,21-/m0/s1. The molecule has 148 valence electrons. The molecule has 6 heteroatoms. The number of rotatable bonds is 8. The minimum Gasteiger partial charge on any atom is -0.465 e. The second-order valence-corrected chi connectivity index (χ2v) is 6.90. The number of ether oxygens (including phenoxy) is 3. The number of hydrogen-bond acceptors (Lipinski definition) is 6. The molecule has 0 aromatic carbocycles. The van der Waals surface area contributed by atoms with E-state index < -0.39 is 17.7 Å². The van der Waals surface area contributed by atoms with Gasteiger partial charge in [-0.1, -0.05) is 29.9 Å². The predicted molar refractivity (Wildman–Crippen MR) is 101 cm³/mol. The van der Waals surface area contributed by atoms with Crippen molar-refractivity contribution in [3.05, 3.63) is 47.1 Å². The largest absolute Gasteiger partial charge is 0.465 e. The molecular weight excluding hydrogens is 348 g/mol. The monoisotopic (exact) mass is 376 g/mol. The van der Waals surface area contributed by atoms with E-state index in [0.29, 0.717) is 17.6 Å². The molecule has 0 aromatic rings. The van der Waals surface area contributed by atoms with Crippen molar-refractivity contribution in [3.63, 3.8) is 0 Å². The van der Waals surface area contributed by atoms with Crippen LogP contribution in [0.3, 0.4) is 0 Å². The number of esters is 2. The van der Waals surface area contributed by atoms with Crippen LogP contribution in [-0.4, -0.2) is 48.1 Å². The Morgan fingerprint density at radius 3 is 2.59 bits per heavy atom. The molecule has 2 aliphatic heterocycles. The van der Waals surface area contributed by atoms with E-state index in [9.17, 15) is 14.7 Å². The summed E-state index contributed by atoms with van der Waals surface area (Å²) >= 11 is 0.